The van der Waals surface area contributed by atoms with Crippen LogP contribution in [0.5, 0.6) is 5.88 Å². The highest BCUT2D eigenvalue weighted by Crippen LogP contribution is 2.39. The van der Waals surface area contributed by atoms with Gasteiger partial charge < -0.3 is 13.7 Å². The average molecular weight is 452 g/mol. The molecule has 162 valence electrons. The molecule has 2 rings (SSSR count). The van der Waals surface area contributed by atoms with Crippen LogP contribution in [-0.2, 0) is 20.3 Å². The molecule has 1 N–H and O–H groups in total. The Hall–Kier alpha value is -1.69. The number of alkyl halides is 3. The number of pyridine rings is 1. The molecule has 1 atom stereocenters. The molecule has 1 aromatic carbocycles. The predicted molar refractivity (Wildman–Crippen MR) is 105 cm³/mol. The van der Waals surface area contributed by atoms with Crippen LogP contribution in [0.3, 0.4) is 0 Å². The Morgan fingerprint density at radius 3 is 2.24 bits per heavy atom. The van der Waals surface area contributed by atoms with Gasteiger partial charge in [0.1, 0.15) is 0 Å². The Kier molecular flexibility index (Phi) is 6.39. The van der Waals surface area contributed by atoms with E-state index >= 15 is 0 Å². The molecule has 0 saturated carbocycles. The Morgan fingerprint density at radius 1 is 1.10 bits per heavy atom. The Morgan fingerprint density at radius 2 is 1.72 bits per heavy atom. The maximum absolute atomic E-state index is 12.6. The highest BCUT2D eigenvalue weighted by molar-refractivity contribution is 7.87. The zero-order chi connectivity index (χ0) is 22.3. The van der Waals surface area contributed by atoms with Gasteiger partial charge in [-0.2, -0.15) is 21.6 Å². The van der Waals surface area contributed by atoms with Gasteiger partial charge in [0.15, 0.2) is 14.8 Å². The standard InChI is InChI=1S/C18H24F3NO5SSi/c1-16(2,3)11-17(23,27-29(4)5)13-8-6-7-12-9-10-14(22-15(12)13)26-28(24,25)18(19,20)21/h6-10,23,29H,11H2,1-5H3. The summed E-state index contributed by atoms with van der Waals surface area (Å²) < 4.78 is 70.6. The molecule has 1 heterocycles. The van der Waals surface area contributed by atoms with Gasteiger partial charge in [-0.05, 0) is 24.6 Å². The molecule has 0 bridgehead atoms. The number of nitrogens with zero attached hydrogens (tertiary/aromatic N) is 1. The molecule has 0 fully saturated rings. The fourth-order valence-corrected chi connectivity index (χ4v) is 4.36. The van der Waals surface area contributed by atoms with E-state index in [-0.39, 0.29) is 22.9 Å². The SMILES string of the molecule is C[SiH](C)OC(O)(CC(C)(C)C)c1cccc2ccc(OS(=O)(=O)C(F)(F)F)nc12. The second-order valence-corrected chi connectivity index (χ2v) is 12.1. The van der Waals surface area contributed by atoms with Gasteiger partial charge in [0.25, 0.3) is 0 Å². The van der Waals surface area contributed by atoms with Crippen LogP contribution >= 0.6 is 0 Å². The third-order valence-electron chi connectivity index (χ3n) is 3.79. The van der Waals surface area contributed by atoms with E-state index in [1.165, 1.54) is 6.07 Å². The van der Waals surface area contributed by atoms with Gasteiger partial charge in [0.05, 0.1) is 5.52 Å². The van der Waals surface area contributed by atoms with Gasteiger partial charge in [-0.3, -0.25) is 0 Å². The van der Waals surface area contributed by atoms with Crippen LogP contribution in [0.4, 0.5) is 13.2 Å². The molecule has 11 heteroatoms. The lowest BCUT2D eigenvalue weighted by Gasteiger charge is -2.36. The number of halogens is 3. The van der Waals surface area contributed by atoms with Crippen LogP contribution in [0, 0.1) is 5.41 Å². The van der Waals surface area contributed by atoms with Crippen molar-refractivity contribution in [2.24, 2.45) is 5.41 Å². The first-order valence-electron chi connectivity index (χ1n) is 8.85. The summed E-state index contributed by atoms with van der Waals surface area (Å²) in [5, 5.41) is 11.9. The fraction of sp³-hybridized carbons (Fsp3) is 0.500. The minimum Gasteiger partial charge on any atom is -0.390 e. The van der Waals surface area contributed by atoms with E-state index in [1.54, 1.807) is 18.2 Å². The second kappa shape index (κ2) is 7.86. The van der Waals surface area contributed by atoms with Crippen molar-refractivity contribution < 1.29 is 35.3 Å². The lowest BCUT2D eigenvalue weighted by molar-refractivity contribution is -0.169. The minimum absolute atomic E-state index is 0.101. The van der Waals surface area contributed by atoms with Crippen molar-refractivity contribution in [2.45, 2.75) is 51.6 Å². The minimum atomic E-state index is -5.86. The van der Waals surface area contributed by atoms with Crippen LogP contribution in [0.2, 0.25) is 13.1 Å². The molecular weight excluding hydrogens is 427 g/mol. The largest absolute Gasteiger partial charge is 0.534 e. The monoisotopic (exact) mass is 451 g/mol. The number of hydrogen-bond acceptors (Lipinski definition) is 6. The van der Waals surface area contributed by atoms with Crippen molar-refractivity contribution in [2.75, 3.05) is 0 Å². The van der Waals surface area contributed by atoms with Crippen molar-refractivity contribution in [1.29, 1.82) is 0 Å². The third kappa shape index (κ3) is 5.68. The molecule has 1 unspecified atom stereocenters. The number of aliphatic hydroxyl groups is 1. The molecular formula is C18H24F3NO5SSi. The zero-order valence-corrected chi connectivity index (χ0v) is 18.7. The van der Waals surface area contributed by atoms with E-state index in [4.69, 9.17) is 4.43 Å². The third-order valence-corrected chi connectivity index (χ3v) is 5.61. The molecule has 0 saturated heterocycles. The quantitative estimate of drug-likeness (QED) is 0.309. The molecule has 1 aromatic heterocycles. The summed E-state index contributed by atoms with van der Waals surface area (Å²) in [4.78, 5) is 3.95. The van der Waals surface area contributed by atoms with E-state index in [0.717, 1.165) is 6.07 Å². The molecule has 0 aliphatic heterocycles. The Bertz CT molecular complexity index is 989. The van der Waals surface area contributed by atoms with Crippen LogP contribution < -0.4 is 4.18 Å². The lowest BCUT2D eigenvalue weighted by atomic mass is 9.84. The van der Waals surface area contributed by atoms with Gasteiger partial charge in [-0.1, -0.05) is 39.0 Å². The normalized spacial score (nSPS) is 15.5. The van der Waals surface area contributed by atoms with Gasteiger partial charge in [0.2, 0.25) is 5.88 Å². The number of aromatic nitrogens is 1. The highest BCUT2D eigenvalue weighted by Gasteiger charge is 2.49. The second-order valence-electron chi connectivity index (χ2n) is 8.20. The van der Waals surface area contributed by atoms with Gasteiger partial charge in [0, 0.05) is 23.4 Å². The average Bonchev–Trinajstić information content (AvgIpc) is 2.50. The van der Waals surface area contributed by atoms with Crippen LogP contribution in [0.25, 0.3) is 10.9 Å². The first kappa shape index (κ1) is 23.6. The summed E-state index contributed by atoms with van der Waals surface area (Å²) in [5.74, 6) is -2.49. The molecule has 6 nitrogen and oxygen atoms in total. The summed E-state index contributed by atoms with van der Waals surface area (Å²) in [7, 11) is -7.62. The first-order valence-corrected chi connectivity index (χ1v) is 13.0. The zero-order valence-electron chi connectivity index (χ0n) is 16.7. The number of benzene rings is 1. The molecule has 0 spiro atoms. The van der Waals surface area contributed by atoms with Crippen molar-refractivity contribution in [3.05, 3.63) is 35.9 Å². The number of hydrogen-bond donors (Lipinski definition) is 1. The van der Waals surface area contributed by atoms with Gasteiger partial charge in [-0.15, -0.1) is 0 Å². The van der Waals surface area contributed by atoms with Crippen molar-refractivity contribution in [1.82, 2.24) is 4.98 Å². The van der Waals surface area contributed by atoms with E-state index in [2.05, 4.69) is 9.17 Å². The molecule has 0 amide bonds. The number of para-hydroxylation sites is 1. The maximum atomic E-state index is 12.6. The molecule has 29 heavy (non-hydrogen) atoms. The smallest absolute Gasteiger partial charge is 0.390 e. The number of fused-ring (bicyclic) bond motifs is 1. The topological polar surface area (TPSA) is 85.7 Å². The summed E-state index contributed by atoms with van der Waals surface area (Å²) in [6, 6.07) is 7.25. The lowest BCUT2D eigenvalue weighted by Crippen LogP contribution is -2.38. The molecule has 2 aromatic rings. The number of rotatable bonds is 6. The Balaban J connectivity index is 2.64. The van der Waals surface area contributed by atoms with Crippen molar-refractivity contribution >= 4 is 30.1 Å². The molecule has 0 radical (unpaired) electrons. The van der Waals surface area contributed by atoms with Crippen molar-refractivity contribution in [3.63, 3.8) is 0 Å². The van der Waals surface area contributed by atoms with E-state index in [1.807, 2.05) is 33.9 Å². The summed E-state index contributed by atoms with van der Waals surface area (Å²) in [5.41, 5.74) is -5.60. The molecule has 0 aliphatic carbocycles. The summed E-state index contributed by atoms with van der Waals surface area (Å²) >= 11 is 0. The van der Waals surface area contributed by atoms with E-state index < -0.39 is 36.3 Å². The maximum Gasteiger partial charge on any atom is 0.534 e. The van der Waals surface area contributed by atoms with Crippen LogP contribution in [0.15, 0.2) is 30.3 Å². The van der Waals surface area contributed by atoms with Gasteiger partial charge >= 0.3 is 15.6 Å². The summed E-state index contributed by atoms with van der Waals surface area (Å²) in [6.07, 6.45) is 0.192. The van der Waals surface area contributed by atoms with Crippen LogP contribution in [-0.4, -0.2) is 33.1 Å². The van der Waals surface area contributed by atoms with Gasteiger partial charge in [-0.25, -0.2) is 4.98 Å². The van der Waals surface area contributed by atoms with Crippen molar-refractivity contribution in [3.8, 4) is 5.88 Å². The van der Waals surface area contributed by atoms with Crippen LogP contribution in [0.1, 0.15) is 32.8 Å². The Labute approximate surface area is 169 Å². The van der Waals surface area contributed by atoms with E-state index in [0.29, 0.717) is 5.39 Å². The predicted octanol–water partition coefficient (Wildman–Crippen LogP) is 4.04. The molecule has 0 aliphatic rings. The summed E-state index contributed by atoms with van der Waals surface area (Å²) in [6.45, 7) is 9.47. The fourth-order valence-electron chi connectivity index (χ4n) is 2.96. The van der Waals surface area contributed by atoms with E-state index in [9.17, 15) is 26.7 Å². The highest BCUT2D eigenvalue weighted by atomic mass is 32.2. The first-order chi connectivity index (χ1) is 13.0.